The molecule has 1 aliphatic rings. The lowest BCUT2D eigenvalue weighted by atomic mass is 9.95. The zero-order valence-electron chi connectivity index (χ0n) is 11.8. The predicted octanol–water partition coefficient (Wildman–Crippen LogP) is 3.06. The fraction of sp³-hybridized carbons (Fsp3) is 0.235. The second kappa shape index (κ2) is 5.56. The highest BCUT2D eigenvalue weighted by molar-refractivity contribution is 5.96. The standard InChI is InChI=1S/C17H16FNO2/c1-11(20)19-8-7-12-4-2-5-13-10-15(18)17-14(16(12)13)6-3-9-21-17/h2-6,10H,7-9H2,1H3,(H,19,20). The molecule has 4 heteroatoms. The molecule has 1 N–H and O–H groups in total. The molecule has 21 heavy (non-hydrogen) atoms. The maximum atomic E-state index is 14.1. The van der Waals surface area contributed by atoms with Crippen LogP contribution in [0.1, 0.15) is 18.1 Å². The smallest absolute Gasteiger partial charge is 0.216 e. The molecule has 1 aliphatic heterocycles. The number of halogens is 1. The third kappa shape index (κ3) is 2.61. The van der Waals surface area contributed by atoms with Gasteiger partial charge in [0.1, 0.15) is 6.61 Å². The van der Waals surface area contributed by atoms with Crippen molar-refractivity contribution in [2.75, 3.05) is 13.2 Å². The molecule has 2 aromatic rings. The maximum absolute atomic E-state index is 14.1. The second-order valence-corrected chi connectivity index (χ2v) is 5.06. The van der Waals surface area contributed by atoms with E-state index in [9.17, 15) is 9.18 Å². The van der Waals surface area contributed by atoms with E-state index in [1.54, 1.807) is 0 Å². The van der Waals surface area contributed by atoms with Crippen LogP contribution < -0.4 is 10.1 Å². The number of carbonyl (C=O) groups is 1. The number of carbonyl (C=O) groups excluding carboxylic acids is 1. The third-order valence-electron chi connectivity index (χ3n) is 3.57. The first-order chi connectivity index (χ1) is 10.2. The van der Waals surface area contributed by atoms with Crippen molar-refractivity contribution in [3.05, 3.63) is 47.3 Å². The molecule has 1 heterocycles. The Morgan fingerprint density at radius 3 is 3.10 bits per heavy atom. The molecule has 0 radical (unpaired) electrons. The summed E-state index contributed by atoms with van der Waals surface area (Å²) < 4.78 is 19.5. The van der Waals surface area contributed by atoms with Gasteiger partial charge in [-0.2, -0.15) is 0 Å². The van der Waals surface area contributed by atoms with Crippen LogP contribution in [0.2, 0.25) is 0 Å². The molecule has 0 bridgehead atoms. The summed E-state index contributed by atoms with van der Waals surface area (Å²) >= 11 is 0. The van der Waals surface area contributed by atoms with Gasteiger partial charge in [0, 0.05) is 19.0 Å². The van der Waals surface area contributed by atoms with Gasteiger partial charge in [-0.15, -0.1) is 0 Å². The first kappa shape index (κ1) is 13.6. The van der Waals surface area contributed by atoms with Gasteiger partial charge in [-0.05, 0) is 34.9 Å². The van der Waals surface area contributed by atoms with E-state index in [4.69, 9.17) is 4.74 Å². The van der Waals surface area contributed by atoms with Gasteiger partial charge in [-0.1, -0.05) is 24.3 Å². The Morgan fingerprint density at radius 2 is 2.29 bits per heavy atom. The summed E-state index contributed by atoms with van der Waals surface area (Å²) in [6.45, 7) is 2.45. The summed E-state index contributed by atoms with van der Waals surface area (Å²) in [7, 11) is 0. The van der Waals surface area contributed by atoms with Gasteiger partial charge in [-0.25, -0.2) is 4.39 Å². The topological polar surface area (TPSA) is 38.3 Å². The average Bonchev–Trinajstić information content (AvgIpc) is 2.47. The fourth-order valence-corrected chi connectivity index (χ4v) is 2.70. The van der Waals surface area contributed by atoms with Crippen molar-refractivity contribution in [3.8, 4) is 5.75 Å². The van der Waals surface area contributed by atoms with Gasteiger partial charge >= 0.3 is 0 Å². The van der Waals surface area contributed by atoms with E-state index < -0.39 is 0 Å². The minimum Gasteiger partial charge on any atom is -0.486 e. The van der Waals surface area contributed by atoms with Crippen LogP contribution in [0, 0.1) is 5.82 Å². The van der Waals surface area contributed by atoms with Crippen molar-refractivity contribution in [2.24, 2.45) is 0 Å². The van der Waals surface area contributed by atoms with Gasteiger partial charge in [-0.3, -0.25) is 4.79 Å². The molecule has 0 fully saturated rings. The highest BCUT2D eigenvalue weighted by Crippen LogP contribution is 2.36. The average molecular weight is 285 g/mol. The second-order valence-electron chi connectivity index (χ2n) is 5.06. The van der Waals surface area contributed by atoms with E-state index in [1.165, 1.54) is 13.0 Å². The Labute approximate surface area is 122 Å². The SMILES string of the molecule is CC(=O)NCCc1cccc2cc(F)c3c(c12)C=CCO3. The van der Waals surface area contributed by atoms with Crippen LogP contribution in [0.5, 0.6) is 5.75 Å². The Bertz CT molecular complexity index is 737. The number of benzene rings is 2. The highest BCUT2D eigenvalue weighted by atomic mass is 19.1. The largest absolute Gasteiger partial charge is 0.486 e. The van der Waals surface area contributed by atoms with Gasteiger partial charge < -0.3 is 10.1 Å². The molecule has 3 nitrogen and oxygen atoms in total. The first-order valence-corrected chi connectivity index (χ1v) is 6.94. The zero-order chi connectivity index (χ0) is 14.8. The van der Waals surface area contributed by atoms with Gasteiger partial charge in [0.25, 0.3) is 0 Å². The summed E-state index contributed by atoms with van der Waals surface area (Å²) in [6, 6.07) is 7.31. The number of hydrogen-bond donors (Lipinski definition) is 1. The monoisotopic (exact) mass is 285 g/mol. The Hall–Kier alpha value is -2.36. The summed E-state index contributed by atoms with van der Waals surface area (Å²) in [6.07, 6.45) is 4.49. The molecule has 0 spiro atoms. The summed E-state index contributed by atoms with van der Waals surface area (Å²) in [4.78, 5) is 11.0. The molecule has 108 valence electrons. The van der Waals surface area contributed by atoms with Crippen LogP contribution in [0.25, 0.3) is 16.8 Å². The summed E-state index contributed by atoms with van der Waals surface area (Å²) in [5.41, 5.74) is 1.86. The predicted molar refractivity (Wildman–Crippen MR) is 80.8 cm³/mol. The fourth-order valence-electron chi connectivity index (χ4n) is 2.70. The minimum atomic E-state index is -0.333. The van der Waals surface area contributed by atoms with E-state index in [0.717, 1.165) is 21.9 Å². The van der Waals surface area contributed by atoms with E-state index in [1.807, 2.05) is 30.4 Å². The molecule has 3 rings (SSSR count). The minimum absolute atomic E-state index is 0.0495. The Balaban J connectivity index is 2.09. The van der Waals surface area contributed by atoms with Crippen LogP contribution in [-0.2, 0) is 11.2 Å². The molecular formula is C17H16FNO2. The number of amides is 1. The summed E-state index contributed by atoms with van der Waals surface area (Å²) in [5.74, 6) is -0.0654. The van der Waals surface area contributed by atoms with E-state index in [2.05, 4.69) is 5.32 Å². The van der Waals surface area contributed by atoms with E-state index in [0.29, 0.717) is 25.3 Å². The number of nitrogens with one attached hydrogen (secondary N) is 1. The Morgan fingerprint density at radius 1 is 1.43 bits per heavy atom. The number of hydrogen-bond acceptors (Lipinski definition) is 2. The van der Waals surface area contributed by atoms with Crippen molar-refractivity contribution in [1.29, 1.82) is 0 Å². The van der Waals surface area contributed by atoms with Crippen molar-refractivity contribution < 1.29 is 13.9 Å². The van der Waals surface area contributed by atoms with Crippen molar-refractivity contribution >= 4 is 22.8 Å². The number of fused-ring (bicyclic) bond motifs is 3. The first-order valence-electron chi connectivity index (χ1n) is 6.94. The van der Waals surface area contributed by atoms with Gasteiger partial charge in [0.2, 0.25) is 5.91 Å². The van der Waals surface area contributed by atoms with E-state index >= 15 is 0 Å². The molecule has 2 aromatic carbocycles. The molecular weight excluding hydrogens is 269 g/mol. The zero-order valence-corrected chi connectivity index (χ0v) is 11.8. The molecule has 1 amide bonds. The van der Waals surface area contributed by atoms with Crippen LogP contribution in [0.3, 0.4) is 0 Å². The van der Waals surface area contributed by atoms with Crippen LogP contribution in [0.15, 0.2) is 30.3 Å². The van der Waals surface area contributed by atoms with Crippen LogP contribution in [0.4, 0.5) is 4.39 Å². The van der Waals surface area contributed by atoms with Crippen LogP contribution in [-0.4, -0.2) is 19.1 Å². The van der Waals surface area contributed by atoms with Gasteiger partial charge in [0.05, 0.1) is 0 Å². The highest BCUT2D eigenvalue weighted by Gasteiger charge is 2.17. The molecule has 0 saturated heterocycles. The normalized spacial score (nSPS) is 12.9. The lowest BCUT2D eigenvalue weighted by molar-refractivity contribution is -0.118. The maximum Gasteiger partial charge on any atom is 0.216 e. The van der Waals surface area contributed by atoms with Gasteiger partial charge in [0.15, 0.2) is 11.6 Å². The molecule has 0 unspecified atom stereocenters. The quantitative estimate of drug-likeness (QED) is 0.941. The third-order valence-corrected chi connectivity index (χ3v) is 3.57. The van der Waals surface area contributed by atoms with Crippen molar-refractivity contribution in [2.45, 2.75) is 13.3 Å². The lowest BCUT2D eigenvalue weighted by Gasteiger charge is -2.18. The number of rotatable bonds is 3. The molecule has 0 aliphatic carbocycles. The molecule has 0 saturated carbocycles. The van der Waals surface area contributed by atoms with E-state index in [-0.39, 0.29) is 11.7 Å². The van der Waals surface area contributed by atoms with Crippen molar-refractivity contribution in [3.63, 3.8) is 0 Å². The number of ether oxygens (including phenoxy) is 1. The lowest BCUT2D eigenvalue weighted by Crippen LogP contribution is -2.22. The van der Waals surface area contributed by atoms with Crippen LogP contribution >= 0.6 is 0 Å². The molecule has 0 atom stereocenters. The van der Waals surface area contributed by atoms with Crippen molar-refractivity contribution in [1.82, 2.24) is 5.32 Å². The molecule has 0 aromatic heterocycles. The Kier molecular flexibility index (Phi) is 3.60. The summed E-state index contributed by atoms with van der Waals surface area (Å²) in [5, 5.41) is 4.63.